The van der Waals surface area contributed by atoms with Crippen LogP contribution in [0.2, 0.25) is 0 Å². The van der Waals surface area contributed by atoms with Gasteiger partial charge in [-0.25, -0.2) is 0 Å². The number of phenolic OH excluding ortho intramolecular Hbond substituents is 2. The lowest BCUT2D eigenvalue weighted by atomic mass is 9.49. The van der Waals surface area contributed by atoms with Gasteiger partial charge in [0.1, 0.15) is 22.8 Å². The van der Waals surface area contributed by atoms with E-state index in [1.165, 1.54) is 11.8 Å². The molecule has 8 nitrogen and oxygen atoms in total. The van der Waals surface area contributed by atoms with Gasteiger partial charge in [0.2, 0.25) is 0 Å². The van der Waals surface area contributed by atoms with Crippen LogP contribution in [0.4, 0.5) is 5.69 Å². The number of hydrogen-bond acceptors (Lipinski definition) is 8. The number of hydrogen-bond donors (Lipinski definition) is 2. The number of para-hydroxylation sites is 1. The number of rotatable bonds is 7. The van der Waals surface area contributed by atoms with Gasteiger partial charge in [0.05, 0.1) is 6.61 Å². The highest BCUT2D eigenvalue weighted by Crippen LogP contribution is 2.65. The van der Waals surface area contributed by atoms with Gasteiger partial charge in [0.25, 0.3) is 0 Å². The Morgan fingerprint density at radius 3 is 2.38 bits per heavy atom. The maximum atomic E-state index is 14.6. The first-order chi connectivity index (χ1) is 21.6. The summed E-state index contributed by atoms with van der Waals surface area (Å²) < 4.78 is 13.7. The molecule has 2 aromatic rings. The SMILES string of the molecule is CC(C)=CCc1c(O)cc(O)c2c1O[C@@]13C(=C[C@H]4C(=O)[C@]1(CC=C(C)C)OC[C@@H]3[C@H]4CN1CCN(c3ccccc3)CC1)C2=O. The minimum absolute atomic E-state index is 0.0445. The van der Waals surface area contributed by atoms with Crippen molar-refractivity contribution in [3.8, 4) is 17.2 Å². The molecule has 1 spiro atoms. The van der Waals surface area contributed by atoms with Crippen molar-refractivity contribution in [3.05, 3.63) is 82.5 Å². The minimum Gasteiger partial charge on any atom is -0.507 e. The van der Waals surface area contributed by atoms with E-state index in [9.17, 15) is 19.8 Å². The third-order valence-electron chi connectivity index (χ3n) is 10.6. The molecule has 2 aromatic carbocycles. The largest absolute Gasteiger partial charge is 0.507 e. The monoisotopic (exact) mass is 610 g/mol. The molecule has 2 N–H and O–H groups in total. The van der Waals surface area contributed by atoms with Crippen LogP contribution < -0.4 is 9.64 Å². The fourth-order valence-electron chi connectivity index (χ4n) is 8.36. The van der Waals surface area contributed by atoms with Crippen molar-refractivity contribution < 1.29 is 29.3 Å². The second kappa shape index (κ2) is 10.9. The molecule has 8 heteroatoms. The molecule has 2 saturated heterocycles. The summed E-state index contributed by atoms with van der Waals surface area (Å²) in [6.45, 7) is 12.4. The predicted molar refractivity (Wildman–Crippen MR) is 172 cm³/mol. The maximum Gasteiger partial charge on any atom is 0.200 e. The van der Waals surface area contributed by atoms with E-state index in [4.69, 9.17) is 9.47 Å². The molecule has 1 saturated carbocycles. The standard InChI is InChI=1S/C37H42N2O6/c1-22(2)10-11-25-30(40)19-31(41)32-33(42)28-18-26-27(20-38-14-16-39(17-15-38)24-8-6-5-7-9-24)29-21-44-36(35(26)43,13-12-23(3)4)37(28,29)45-34(25)32/h5-10,12,18-19,26-27,29,40-41H,11,13-17,20-21H2,1-4H3/t26-,27+,29-,36+,37-/m1/s1. The van der Waals surface area contributed by atoms with Crippen molar-refractivity contribution in [2.45, 2.75) is 51.7 Å². The second-order valence-corrected chi connectivity index (χ2v) is 13.7. The van der Waals surface area contributed by atoms with Gasteiger partial charge in [-0.15, -0.1) is 0 Å². The van der Waals surface area contributed by atoms with E-state index < -0.39 is 17.1 Å². The number of carbonyl (C=O) groups is 2. The van der Waals surface area contributed by atoms with Crippen LogP contribution in [-0.4, -0.2) is 77.2 Å². The Kier molecular flexibility index (Phi) is 7.21. The van der Waals surface area contributed by atoms with E-state index in [2.05, 4.69) is 34.1 Å². The van der Waals surface area contributed by atoms with Crippen LogP contribution in [0.1, 0.15) is 50.0 Å². The van der Waals surface area contributed by atoms with E-state index in [1.54, 1.807) is 0 Å². The number of fused-ring (bicyclic) bond motifs is 1. The number of Topliss-reactive ketones (excluding diaryl/α,β-unsaturated/α-hetero) is 2. The number of phenols is 2. The number of benzene rings is 2. The van der Waals surface area contributed by atoms with Gasteiger partial charge < -0.3 is 24.6 Å². The summed E-state index contributed by atoms with van der Waals surface area (Å²) >= 11 is 0. The number of ether oxygens (including phenoxy) is 2. The predicted octanol–water partition coefficient (Wildman–Crippen LogP) is 5.24. The minimum atomic E-state index is -1.37. The van der Waals surface area contributed by atoms with E-state index in [-0.39, 0.29) is 52.6 Å². The van der Waals surface area contributed by atoms with Crippen molar-refractivity contribution in [1.82, 2.24) is 4.90 Å². The zero-order chi connectivity index (χ0) is 31.7. The average molecular weight is 611 g/mol. The van der Waals surface area contributed by atoms with Crippen LogP contribution in [0.25, 0.3) is 0 Å². The van der Waals surface area contributed by atoms with Crippen molar-refractivity contribution in [2.75, 3.05) is 44.2 Å². The zero-order valence-corrected chi connectivity index (χ0v) is 26.5. The number of carbonyl (C=O) groups excluding carboxylic acids is 2. The molecule has 4 bridgehead atoms. The summed E-state index contributed by atoms with van der Waals surface area (Å²) in [5, 5.41) is 22.0. The van der Waals surface area contributed by atoms with Crippen molar-refractivity contribution >= 4 is 17.3 Å². The second-order valence-electron chi connectivity index (χ2n) is 13.7. The molecule has 0 amide bonds. The van der Waals surface area contributed by atoms with Gasteiger partial charge in [-0.2, -0.15) is 0 Å². The lowest BCUT2D eigenvalue weighted by molar-refractivity contribution is -0.171. The van der Waals surface area contributed by atoms with Gasteiger partial charge in [0, 0.05) is 73.9 Å². The van der Waals surface area contributed by atoms with Crippen molar-refractivity contribution in [2.24, 2.45) is 17.8 Å². The van der Waals surface area contributed by atoms with Crippen LogP contribution in [0.3, 0.4) is 0 Å². The van der Waals surface area contributed by atoms with Crippen LogP contribution in [0.15, 0.2) is 71.3 Å². The highest BCUT2D eigenvalue weighted by molar-refractivity contribution is 6.18. The number of nitrogens with zero attached hydrogens (tertiary/aromatic N) is 2. The Hall–Kier alpha value is -3.88. The number of anilines is 1. The van der Waals surface area contributed by atoms with Crippen LogP contribution in [0, 0.1) is 17.8 Å². The van der Waals surface area contributed by atoms with E-state index in [0.717, 1.165) is 37.3 Å². The fourth-order valence-corrected chi connectivity index (χ4v) is 8.36. The lowest BCUT2D eigenvalue weighted by Gasteiger charge is -2.59. The molecular formula is C37H42N2O6. The van der Waals surface area contributed by atoms with Gasteiger partial charge >= 0.3 is 0 Å². The summed E-state index contributed by atoms with van der Waals surface area (Å²) in [4.78, 5) is 33.9. The van der Waals surface area contributed by atoms with Crippen molar-refractivity contribution in [3.63, 3.8) is 0 Å². The molecule has 3 fully saturated rings. The number of piperazine rings is 1. The molecule has 0 radical (unpaired) electrons. The third kappa shape index (κ3) is 4.40. The summed E-state index contributed by atoms with van der Waals surface area (Å²) in [5.74, 6) is -1.55. The maximum absolute atomic E-state index is 14.6. The Balaban J connectivity index is 1.29. The lowest BCUT2D eigenvalue weighted by Crippen LogP contribution is -2.74. The molecule has 6 aliphatic rings. The third-order valence-corrected chi connectivity index (χ3v) is 10.6. The quantitative estimate of drug-likeness (QED) is 0.411. The summed E-state index contributed by atoms with van der Waals surface area (Å²) in [6, 6.07) is 11.6. The first-order valence-electron chi connectivity index (χ1n) is 16.1. The average Bonchev–Trinajstić information content (AvgIpc) is 3.30. The first-order valence-corrected chi connectivity index (χ1v) is 16.1. The van der Waals surface area contributed by atoms with Gasteiger partial charge in [-0.1, -0.05) is 47.6 Å². The topological polar surface area (TPSA) is 99.5 Å². The molecule has 3 aliphatic heterocycles. The normalized spacial score (nSPS) is 29.9. The van der Waals surface area contributed by atoms with E-state index in [0.29, 0.717) is 30.7 Å². The number of aromatic hydroxyl groups is 2. The Labute approximate surface area is 264 Å². The molecule has 236 valence electrons. The molecule has 5 atom stereocenters. The summed E-state index contributed by atoms with van der Waals surface area (Å²) in [5.41, 5.74) is 1.46. The number of allylic oxidation sites excluding steroid dienone is 4. The molecule has 8 rings (SSSR count). The van der Waals surface area contributed by atoms with Crippen LogP contribution >= 0.6 is 0 Å². The summed E-state index contributed by atoms with van der Waals surface area (Å²) in [6.07, 6.45) is 6.38. The van der Waals surface area contributed by atoms with Gasteiger partial charge in [-0.3, -0.25) is 14.5 Å². The zero-order valence-electron chi connectivity index (χ0n) is 26.5. The van der Waals surface area contributed by atoms with E-state index in [1.807, 2.05) is 52.0 Å². The molecule has 45 heavy (non-hydrogen) atoms. The molecule has 3 heterocycles. The van der Waals surface area contributed by atoms with E-state index >= 15 is 0 Å². The summed E-state index contributed by atoms with van der Waals surface area (Å²) in [7, 11) is 0. The number of ketones is 2. The molecular weight excluding hydrogens is 568 g/mol. The molecule has 3 aliphatic carbocycles. The Morgan fingerprint density at radius 1 is 0.978 bits per heavy atom. The molecule has 0 unspecified atom stereocenters. The first kappa shape index (κ1) is 29.8. The molecule has 0 aromatic heterocycles. The van der Waals surface area contributed by atoms with Crippen molar-refractivity contribution in [1.29, 1.82) is 0 Å². The highest BCUT2D eigenvalue weighted by atomic mass is 16.6. The Bertz CT molecular complexity index is 1640. The smallest absolute Gasteiger partial charge is 0.200 e. The van der Waals surface area contributed by atoms with Crippen LogP contribution in [0.5, 0.6) is 17.2 Å². The highest BCUT2D eigenvalue weighted by Gasteiger charge is 2.79. The fraction of sp³-hybridized carbons (Fsp3) is 0.459. The van der Waals surface area contributed by atoms with Gasteiger partial charge in [0.15, 0.2) is 22.8 Å². The Morgan fingerprint density at radius 2 is 1.69 bits per heavy atom. The van der Waals surface area contributed by atoms with Crippen LogP contribution in [-0.2, 0) is 16.0 Å². The van der Waals surface area contributed by atoms with Gasteiger partial charge in [-0.05, 0) is 52.2 Å².